The van der Waals surface area contributed by atoms with Crippen molar-refractivity contribution in [3.63, 3.8) is 0 Å². The molecule has 2 fully saturated rings. The van der Waals surface area contributed by atoms with Gasteiger partial charge in [0.1, 0.15) is 33.9 Å². The molecule has 1 aromatic carbocycles. The van der Waals surface area contributed by atoms with Crippen LogP contribution in [0.5, 0.6) is 0 Å². The first-order valence-electron chi connectivity index (χ1n) is 14.9. The molecule has 224 valence electrons. The van der Waals surface area contributed by atoms with E-state index in [1.807, 2.05) is 16.8 Å². The number of aryl methyl sites for hydroxylation is 1. The number of piperidine rings is 1. The number of benzene rings is 1. The number of aliphatic hydroxyl groups is 1. The fourth-order valence-corrected chi connectivity index (χ4v) is 6.97. The van der Waals surface area contributed by atoms with Crippen LogP contribution in [0.25, 0.3) is 16.9 Å². The van der Waals surface area contributed by atoms with Crippen molar-refractivity contribution in [1.29, 1.82) is 5.26 Å². The van der Waals surface area contributed by atoms with E-state index in [0.717, 1.165) is 55.9 Å². The molecule has 0 spiro atoms. The molecule has 0 aliphatic carbocycles. The van der Waals surface area contributed by atoms with Gasteiger partial charge >= 0.3 is 0 Å². The van der Waals surface area contributed by atoms with E-state index >= 15 is 0 Å². The van der Waals surface area contributed by atoms with Crippen LogP contribution in [0.2, 0.25) is 0 Å². The normalized spacial score (nSPS) is 16.4. The zero-order valence-electron chi connectivity index (χ0n) is 24.5. The van der Waals surface area contributed by atoms with E-state index in [2.05, 4.69) is 40.6 Å². The van der Waals surface area contributed by atoms with Crippen molar-refractivity contribution in [2.45, 2.75) is 38.5 Å². The minimum absolute atomic E-state index is 0.148. The van der Waals surface area contributed by atoms with E-state index in [9.17, 15) is 19.6 Å². The third-order valence-corrected chi connectivity index (χ3v) is 9.63. The topological polar surface area (TPSA) is 101 Å². The SMILES string of the molecule is CCCc1nc2ccc(C3CCN(CC(=O)N4CC(CO)C4)CC3)cn2c1N(C)c1nc(-c2ccc(F)cc2)c(C#N)s1. The van der Waals surface area contributed by atoms with Gasteiger partial charge in [0.05, 0.1) is 12.2 Å². The first-order valence-corrected chi connectivity index (χ1v) is 15.7. The fourth-order valence-electron chi connectivity index (χ4n) is 6.13. The molecule has 4 aromatic rings. The van der Waals surface area contributed by atoms with Crippen molar-refractivity contribution >= 4 is 33.8 Å². The van der Waals surface area contributed by atoms with Gasteiger partial charge in [0, 0.05) is 44.4 Å². The van der Waals surface area contributed by atoms with Gasteiger partial charge in [0.2, 0.25) is 5.91 Å². The van der Waals surface area contributed by atoms with Gasteiger partial charge in [-0.25, -0.2) is 14.4 Å². The lowest BCUT2D eigenvalue weighted by atomic mass is 9.90. The number of hydrogen-bond donors (Lipinski definition) is 1. The number of aliphatic hydroxyl groups excluding tert-OH is 1. The molecule has 0 saturated carbocycles. The van der Waals surface area contributed by atoms with Gasteiger partial charge < -0.3 is 14.9 Å². The average Bonchev–Trinajstić information content (AvgIpc) is 3.58. The van der Waals surface area contributed by atoms with Gasteiger partial charge in [-0.2, -0.15) is 5.26 Å². The van der Waals surface area contributed by atoms with Gasteiger partial charge in [-0.15, -0.1) is 0 Å². The summed E-state index contributed by atoms with van der Waals surface area (Å²) < 4.78 is 15.7. The zero-order chi connectivity index (χ0) is 30.1. The number of likely N-dealkylation sites (tertiary alicyclic amines) is 2. The maximum Gasteiger partial charge on any atom is 0.236 e. The Labute approximate surface area is 254 Å². The Hall–Kier alpha value is -3.85. The number of nitriles is 1. The summed E-state index contributed by atoms with van der Waals surface area (Å²) in [5.74, 6) is 1.37. The number of rotatable bonds is 9. The highest BCUT2D eigenvalue weighted by Crippen LogP contribution is 2.38. The number of amides is 1. The molecule has 5 heterocycles. The van der Waals surface area contributed by atoms with Crippen LogP contribution in [0, 0.1) is 23.1 Å². The van der Waals surface area contributed by atoms with E-state index in [0.29, 0.717) is 46.8 Å². The Balaban J connectivity index is 1.23. The number of fused-ring (bicyclic) bond motifs is 1. The summed E-state index contributed by atoms with van der Waals surface area (Å²) in [6.07, 6.45) is 5.88. The highest BCUT2D eigenvalue weighted by molar-refractivity contribution is 7.16. The molecular formula is C32H36FN7O2S. The van der Waals surface area contributed by atoms with Crippen LogP contribution in [-0.4, -0.2) is 81.6 Å². The fraction of sp³-hybridized carbons (Fsp3) is 0.438. The second kappa shape index (κ2) is 12.4. The van der Waals surface area contributed by atoms with Crippen molar-refractivity contribution < 1.29 is 14.3 Å². The Kier molecular flexibility index (Phi) is 8.43. The first-order chi connectivity index (χ1) is 20.9. The third-order valence-electron chi connectivity index (χ3n) is 8.60. The molecule has 9 nitrogen and oxygen atoms in total. The predicted molar refractivity (Wildman–Crippen MR) is 165 cm³/mol. The summed E-state index contributed by atoms with van der Waals surface area (Å²) in [6.45, 7) is 5.79. The summed E-state index contributed by atoms with van der Waals surface area (Å²) in [5.41, 5.74) is 4.33. The number of carbonyl (C=O) groups is 1. The van der Waals surface area contributed by atoms with Gasteiger partial charge in [-0.05, 0) is 74.2 Å². The largest absolute Gasteiger partial charge is 0.396 e. The molecule has 2 aliphatic rings. The Bertz CT molecular complexity index is 1650. The molecule has 2 aliphatic heterocycles. The van der Waals surface area contributed by atoms with Gasteiger partial charge in [-0.1, -0.05) is 30.7 Å². The quantitative estimate of drug-likeness (QED) is 0.294. The van der Waals surface area contributed by atoms with E-state index < -0.39 is 0 Å². The number of carbonyl (C=O) groups excluding carboxylic acids is 1. The van der Waals surface area contributed by atoms with E-state index in [1.54, 1.807) is 12.1 Å². The molecular weight excluding hydrogens is 565 g/mol. The van der Waals surface area contributed by atoms with Crippen LogP contribution >= 0.6 is 11.3 Å². The molecule has 1 amide bonds. The van der Waals surface area contributed by atoms with Crippen LogP contribution in [0.1, 0.15) is 48.2 Å². The van der Waals surface area contributed by atoms with E-state index in [1.165, 1.54) is 29.0 Å². The Morgan fingerprint density at radius 2 is 1.91 bits per heavy atom. The summed E-state index contributed by atoms with van der Waals surface area (Å²) in [4.78, 5) is 29.0. The maximum atomic E-state index is 13.5. The number of nitrogens with zero attached hydrogens (tertiary/aromatic N) is 7. The number of hydrogen-bond acceptors (Lipinski definition) is 8. The average molecular weight is 602 g/mol. The number of aromatic nitrogens is 3. The van der Waals surface area contributed by atoms with Crippen LogP contribution in [0.15, 0.2) is 42.6 Å². The molecule has 11 heteroatoms. The van der Waals surface area contributed by atoms with Gasteiger partial charge in [0.25, 0.3) is 0 Å². The molecule has 2 saturated heterocycles. The summed E-state index contributed by atoms with van der Waals surface area (Å²) in [5, 5.41) is 19.8. The predicted octanol–water partition coefficient (Wildman–Crippen LogP) is 4.82. The van der Waals surface area contributed by atoms with Crippen LogP contribution in [0.4, 0.5) is 15.3 Å². The summed E-state index contributed by atoms with van der Waals surface area (Å²) in [7, 11) is 1.96. The second-order valence-corrected chi connectivity index (χ2v) is 12.5. The number of thiazole rings is 1. The number of halogens is 1. The molecule has 0 unspecified atom stereocenters. The van der Waals surface area contributed by atoms with E-state index in [-0.39, 0.29) is 24.2 Å². The third kappa shape index (κ3) is 5.87. The lowest BCUT2D eigenvalue weighted by Crippen LogP contribution is -2.54. The maximum absolute atomic E-state index is 13.5. The standard InChI is InChI=1S/C32H36FN7O2S/c1-3-4-26-31(37(2)32-36-30(27(15-34)43-32)23-5-8-25(33)9-6-23)40-18-24(7-10-28(40)35-26)22-11-13-38(14-12-22)19-29(42)39-16-21(17-39)20-41/h5-10,18,21-22,41H,3-4,11-14,16-17,19-20H2,1-2H3. The summed E-state index contributed by atoms with van der Waals surface area (Å²) >= 11 is 1.32. The van der Waals surface area contributed by atoms with Crippen LogP contribution in [-0.2, 0) is 11.2 Å². The van der Waals surface area contributed by atoms with Crippen molar-refractivity contribution in [2.75, 3.05) is 51.3 Å². The first kappa shape index (κ1) is 29.2. The number of pyridine rings is 1. The lowest BCUT2D eigenvalue weighted by molar-refractivity contribution is -0.139. The minimum Gasteiger partial charge on any atom is -0.396 e. The Morgan fingerprint density at radius 3 is 2.58 bits per heavy atom. The molecule has 6 rings (SSSR count). The van der Waals surface area contributed by atoms with E-state index in [4.69, 9.17) is 9.97 Å². The molecule has 0 bridgehead atoms. The zero-order valence-corrected chi connectivity index (χ0v) is 25.4. The highest BCUT2D eigenvalue weighted by Gasteiger charge is 2.32. The summed E-state index contributed by atoms with van der Waals surface area (Å²) in [6, 6.07) is 12.6. The molecule has 0 atom stereocenters. The smallest absolute Gasteiger partial charge is 0.236 e. The van der Waals surface area contributed by atoms with Crippen LogP contribution < -0.4 is 4.90 Å². The lowest BCUT2D eigenvalue weighted by Gasteiger charge is -2.40. The molecule has 43 heavy (non-hydrogen) atoms. The van der Waals surface area contributed by atoms with Crippen LogP contribution in [0.3, 0.4) is 0 Å². The minimum atomic E-state index is -0.330. The van der Waals surface area contributed by atoms with Gasteiger partial charge in [0.15, 0.2) is 5.13 Å². The molecule has 3 aromatic heterocycles. The van der Waals surface area contributed by atoms with Crippen molar-refractivity contribution in [3.05, 3.63) is 64.5 Å². The highest BCUT2D eigenvalue weighted by atomic mass is 32.1. The number of anilines is 2. The molecule has 1 N–H and O–H groups in total. The Morgan fingerprint density at radius 1 is 1.16 bits per heavy atom. The van der Waals surface area contributed by atoms with Crippen molar-refractivity contribution in [1.82, 2.24) is 24.2 Å². The van der Waals surface area contributed by atoms with Gasteiger partial charge in [-0.3, -0.25) is 14.1 Å². The van der Waals surface area contributed by atoms with Crippen molar-refractivity contribution in [3.8, 4) is 17.3 Å². The van der Waals surface area contributed by atoms with Crippen molar-refractivity contribution in [2.24, 2.45) is 5.92 Å². The number of imidazole rings is 1. The molecule has 0 radical (unpaired) electrons. The monoisotopic (exact) mass is 601 g/mol. The second-order valence-electron chi connectivity index (χ2n) is 11.6.